The van der Waals surface area contributed by atoms with E-state index in [-0.39, 0.29) is 24.6 Å². The second-order valence-electron chi connectivity index (χ2n) is 4.94. The summed E-state index contributed by atoms with van der Waals surface area (Å²) in [6.45, 7) is 4.11. The van der Waals surface area contributed by atoms with Crippen LogP contribution in [0.3, 0.4) is 0 Å². The van der Waals surface area contributed by atoms with E-state index in [1.54, 1.807) is 11.9 Å². The van der Waals surface area contributed by atoms with Gasteiger partial charge in [-0.15, -0.1) is 0 Å². The van der Waals surface area contributed by atoms with Crippen molar-refractivity contribution in [2.24, 2.45) is 0 Å². The molecule has 0 unspecified atom stereocenters. The highest BCUT2D eigenvalue weighted by Gasteiger charge is 2.16. The first kappa shape index (κ1) is 15.9. The molecular formula is C15H17ClN4O2. The third-order valence-electron chi connectivity index (χ3n) is 3.19. The molecule has 7 heteroatoms. The smallest absolute Gasteiger partial charge is 0.330 e. The molecule has 0 aliphatic heterocycles. The molecular weight excluding hydrogens is 304 g/mol. The van der Waals surface area contributed by atoms with E-state index in [0.717, 1.165) is 5.56 Å². The van der Waals surface area contributed by atoms with Crippen LogP contribution in [0.1, 0.15) is 5.56 Å². The minimum Gasteiger partial charge on any atom is -0.383 e. The highest BCUT2D eigenvalue weighted by atomic mass is 35.5. The van der Waals surface area contributed by atoms with Crippen LogP contribution in [0.15, 0.2) is 51.5 Å². The van der Waals surface area contributed by atoms with Crippen molar-refractivity contribution >= 4 is 23.1 Å². The standard InChI is InChI=1S/C15H17ClN4O2/c1-10(16)8-19(2)12-13(17)20(15(22)18-14(12)21)9-11-6-4-3-5-7-11/h3-7H,1,8-9,17H2,2H3,(H,18,21,22). The van der Waals surface area contributed by atoms with Crippen molar-refractivity contribution < 1.29 is 0 Å². The maximum atomic E-state index is 12.0. The van der Waals surface area contributed by atoms with Crippen molar-refractivity contribution in [3.05, 3.63) is 68.3 Å². The van der Waals surface area contributed by atoms with Gasteiger partial charge in [-0.1, -0.05) is 48.5 Å². The first-order valence-corrected chi connectivity index (χ1v) is 6.99. The number of anilines is 2. The molecule has 0 aliphatic carbocycles. The molecule has 6 nitrogen and oxygen atoms in total. The highest BCUT2D eigenvalue weighted by Crippen LogP contribution is 2.17. The van der Waals surface area contributed by atoms with Gasteiger partial charge in [0.1, 0.15) is 11.5 Å². The molecule has 1 aromatic heterocycles. The summed E-state index contributed by atoms with van der Waals surface area (Å²) < 4.78 is 1.32. The van der Waals surface area contributed by atoms with Crippen molar-refractivity contribution in [3.63, 3.8) is 0 Å². The van der Waals surface area contributed by atoms with Crippen LogP contribution in [0.2, 0.25) is 0 Å². The molecule has 0 atom stereocenters. The van der Waals surface area contributed by atoms with Crippen LogP contribution >= 0.6 is 11.6 Å². The minimum absolute atomic E-state index is 0.0954. The van der Waals surface area contributed by atoms with Crippen LogP contribution in [-0.2, 0) is 6.54 Å². The van der Waals surface area contributed by atoms with E-state index in [9.17, 15) is 9.59 Å². The van der Waals surface area contributed by atoms with Crippen LogP contribution in [0.4, 0.5) is 11.5 Å². The number of likely N-dealkylation sites (N-methyl/N-ethyl adjacent to an activating group) is 1. The molecule has 1 aromatic carbocycles. The Bertz CT molecular complexity index is 795. The molecule has 0 spiro atoms. The monoisotopic (exact) mass is 320 g/mol. The number of aromatic amines is 1. The van der Waals surface area contributed by atoms with E-state index in [0.29, 0.717) is 5.03 Å². The number of nitrogens with zero attached hydrogens (tertiary/aromatic N) is 2. The molecule has 0 bridgehead atoms. The zero-order valence-electron chi connectivity index (χ0n) is 12.2. The molecule has 0 saturated heterocycles. The number of hydrogen-bond acceptors (Lipinski definition) is 4. The Labute approximate surface area is 132 Å². The van der Waals surface area contributed by atoms with E-state index in [1.807, 2.05) is 30.3 Å². The Hall–Kier alpha value is -2.47. The molecule has 22 heavy (non-hydrogen) atoms. The van der Waals surface area contributed by atoms with Crippen molar-refractivity contribution in [1.29, 1.82) is 0 Å². The van der Waals surface area contributed by atoms with Gasteiger partial charge in [-0.3, -0.25) is 14.3 Å². The maximum Gasteiger partial charge on any atom is 0.330 e. The first-order valence-electron chi connectivity index (χ1n) is 6.61. The molecule has 0 radical (unpaired) electrons. The summed E-state index contributed by atoms with van der Waals surface area (Å²) in [6.07, 6.45) is 0. The zero-order chi connectivity index (χ0) is 16.3. The first-order chi connectivity index (χ1) is 10.4. The van der Waals surface area contributed by atoms with Gasteiger partial charge in [0, 0.05) is 12.1 Å². The average Bonchev–Trinajstić information content (AvgIpc) is 2.43. The lowest BCUT2D eigenvalue weighted by atomic mass is 10.2. The number of halogens is 1. The van der Waals surface area contributed by atoms with Crippen molar-refractivity contribution in [1.82, 2.24) is 9.55 Å². The normalized spacial score (nSPS) is 10.5. The van der Waals surface area contributed by atoms with Crippen LogP contribution in [0.5, 0.6) is 0 Å². The van der Waals surface area contributed by atoms with E-state index in [2.05, 4.69) is 11.6 Å². The molecule has 0 fully saturated rings. The number of hydrogen-bond donors (Lipinski definition) is 2. The average molecular weight is 321 g/mol. The molecule has 3 N–H and O–H groups in total. The number of nitrogens with two attached hydrogens (primary N) is 1. The van der Waals surface area contributed by atoms with Crippen molar-refractivity contribution in [2.45, 2.75) is 6.54 Å². The van der Waals surface area contributed by atoms with Crippen molar-refractivity contribution in [2.75, 3.05) is 24.2 Å². The molecule has 116 valence electrons. The van der Waals surface area contributed by atoms with E-state index in [1.165, 1.54) is 4.57 Å². The van der Waals surface area contributed by atoms with Gasteiger partial charge in [0.15, 0.2) is 0 Å². The number of nitrogen functional groups attached to an aromatic ring is 1. The second-order valence-corrected chi connectivity index (χ2v) is 5.47. The van der Waals surface area contributed by atoms with E-state index >= 15 is 0 Å². The highest BCUT2D eigenvalue weighted by molar-refractivity contribution is 6.29. The predicted molar refractivity (Wildman–Crippen MR) is 89.5 cm³/mol. The van der Waals surface area contributed by atoms with Crippen LogP contribution in [0.25, 0.3) is 0 Å². The summed E-state index contributed by atoms with van der Waals surface area (Å²) in [4.78, 5) is 27.9. The molecule has 2 rings (SSSR count). The Balaban J connectivity index is 2.49. The summed E-state index contributed by atoms with van der Waals surface area (Å²) >= 11 is 5.77. The number of benzene rings is 1. The molecule has 0 saturated carbocycles. The van der Waals surface area contributed by atoms with Gasteiger partial charge in [-0.2, -0.15) is 0 Å². The fourth-order valence-corrected chi connectivity index (χ4v) is 2.38. The van der Waals surface area contributed by atoms with Gasteiger partial charge in [0.25, 0.3) is 5.56 Å². The fourth-order valence-electron chi connectivity index (χ4n) is 2.21. The zero-order valence-corrected chi connectivity index (χ0v) is 12.9. The number of nitrogens with one attached hydrogen (secondary N) is 1. The number of rotatable bonds is 5. The number of aromatic nitrogens is 2. The quantitative estimate of drug-likeness (QED) is 0.871. The summed E-state index contributed by atoms with van der Waals surface area (Å²) in [5, 5.41) is 0.363. The summed E-state index contributed by atoms with van der Waals surface area (Å²) in [7, 11) is 1.66. The summed E-state index contributed by atoms with van der Waals surface area (Å²) in [6, 6.07) is 9.37. The van der Waals surface area contributed by atoms with Crippen LogP contribution in [0, 0.1) is 0 Å². The van der Waals surface area contributed by atoms with E-state index in [4.69, 9.17) is 17.3 Å². The van der Waals surface area contributed by atoms with Gasteiger partial charge >= 0.3 is 5.69 Å². The van der Waals surface area contributed by atoms with Gasteiger partial charge in [-0.05, 0) is 5.56 Å². The minimum atomic E-state index is -0.549. The van der Waals surface area contributed by atoms with Crippen LogP contribution in [-0.4, -0.2) is 23.1 Å². The Morgan fingerprint density at radius 1 is 1.36 bits per heavy atom. The van der Waals surface area contributed by atoms with Gasteiger partial charge in [0.2, 0.25) is 0 Å². The largest absolute Gasteiger partial charge is 0.383 e. The van der Waals surface area contributed by atoms with Gasteiger partial charge in [0.05, 0.1) is 13.1 Å². The maximum absolute atomic E-state index is 12.0. The molecule has 2 aromatic rings. The third kappa shape index (κ3) is 3.40. The molecule has 0 aliphatic rings. The Morgan fingerprint density at radius 2 is 2.00 bits per heavy atom. The lowest BCUT2D eigenvalue weighted by molar-refractivity contribution is 0.728. The predicted octanol–water partition coefficient (Wildman–Crippen LogP) is 1.36. The summed E-state index contributed by atoms with van der Waals surface area (Å²) in [5.74, 6) is 0.0954. The Kier molecular flexibility index (Phi) is 4.72. The molecule has 0 amide bonds. The second kappa shape index (κ2) is 6.53. The summed E-state index contributed by atoms with van der Waals surface area (Å²) in [5.41, 5.74) is 6.03. The topological polar surface area (TPSA) is 84.1 Å². The third-order valence-corrected chi connectivity index (χ3v) is 3.31. The van der Waals surface area contributed by atoms with Gasteiger partial charge < -0.3 is 10.6 Å². The SMILES string of the molecule is C=C(Cl)CN(C)c1c(N)n(Cc2ccccc2)c(=O)[nH]c1=O. The van der Waals surface area contributed by atoms with E-state index < -0.39 is 11.2 Å². The van der Waals surface area contributed by atoms with Crippen molar-refractivity contribution in [3.8, 4) is 0 Å². The fraction of sp³-hybridized carbons (Fsp3) is 0.200. The van der Waals surface area contributed by atoms with Gasteiger partial charge in [-0.25, -0.2) is 4.79 Å². The lowest BCUT2D eigenvalue weighted by Gasteiger charge is -2.21. The van der Waals surface area contributed by atoms with Crippen LogP contribution < -0.4 is 21.9 Å². The number of H-pyrrole nitrogens is 1. The Morgan fingerprint density at radius 3 is 2.59 bits per heavy atom. The molecule has 1 heterocycles. The lowest BCUT2D eigenvalue weighted by Crippen LogP contribution is -2.37.